The maximum Gasteiger partial charge on any atom is 0.128 e. The summed E-state index contributed by atoms with van der Waals surface area (Å²) in [5.74, 6) is 0.868. The molecule has 1 aliphatic carbocycles. The number of rotatable bonds is 2. The highest BCUT2D eigenvalue weighted by molar-refractivity contribution is 5.48. The van der Waals surface area contributed by atoms with E-state index in [0.717, 1.165) is 42.6 Å². The fourth-order valence-corrected chi connectivity index (χ4v) is 3.34. The van der Waals surface area contributed by atoms with Crippen LogP contribution in [0.5, 0.6) is 5.75 Å². The molecular weight excluding hydrogens is 248 g/mol. The first-order valence-corrected chi connectivity index (χ1v) is 7.66. The van der Waals surface area contributed by atoms with Crippen molar-refractivity contribution in [2.45, 2.75) is 65.4 Å². The van der Waals surface area contributed by atoms with Crippen molar-refractivity contribution in [2.75, 3.05) is 7.11 Å². The highest BCUT2D eigenvalue weighted by Gasteiger charge is 2.37. The first-order valence-electron chi connectivity index (χ1n) is 7.66. The molecule has 0 aromatic heterocycles. The molecule has 0 radical (unpaired) electrons. The van der Waals surface area contributed by atoms with Crippen LogP contribution in [0.25, 0.3) is 0 Å². The Labute approximate surface area is 123 Å². The van der Waals surface area contributed by atoms with Crippen molar-refractivity contribution < 1.29 is 9.84 Å². The highest BCUT2D eigenvalue weighted by Crippen LogP contribution is 2.46. The van der Waals surface area contributed by atoms with Gasteiger partial charge in [0.05, 0.1) is 12.7 Å². The molecular formula is C18H28O2. The molecule has 2 rings (SSSR count). The van der Waals surface area contributed by atoms with Gasteiger partial charge in [0.25, 0.3) is 0 Å². The van der Waals surface area contributed by atoms with E-state index < -0.39 is 5.60 Å². The summed E-state index contributed by atoms with van der Waals surface area (Å²) in [4.78, 5) is 0. The SMILES string of the molecule is COc1c(C2(O)CCCC(C)(C)CC2)ccc(C)c1C. The summed E-state index contributed by atoms with van der Waals surface area (Å²) < 4.78 is 5.61. The van der Waals surface area contributed by atoms with Crippen LogP contribution in [0, 0.1) is 19.3 Å². The van der Waals surface area contributed by atoms with Crippen molar-refractivity contribution in [2.24, 2.45) is 5.41 Å². The Hall–Kier alpha value is -1.02. The van der Waals surface area contributed by atoms with E-state index >= 15 is 0 Å². The molecule has 1 saturated carbocycles. The van der Waals surface area contributed by atoms with Gasteiger partial charge in [-0.3, -0.25) is 0 Å². The van der Waals surface area contributed by atoms with Gasteiger partial charge in [0.2, 0.25) is 0 Å². The van der Waals surface area contributed by atoms with E-state index in [1.165, 1.54) is 12.0 Å². The van der Waals surface area contributed by atoms with Gasteiger partial charge in [-0.15, -0.1) is 0 Å². The number of aliphatic hydroxyl groups is 1. The van der Waals surface area contributed by atoms with Gasteiger partial charge in [0.15, 0.2) is 0 Å². The summed E-state index contributed by atoms with van der Waals surface area (Å²) in [6, 6.07) is 4.15. The first-order chi connectivity index (χ1) is 9.29. The van der Waals surface area contributed by atoms with Crippen LogP contribution in [0.15, 0.2) is 12.1 Å². The average molecular weight is 276 g/mol. The lowest BCUT2D eigenvalue weighted by Crippen LogP contribution is -2.26. The second kappa shape index (κ2) is 5.40. The minimum Gasteiger partial charge on any atom is -0.496 e. The Balaban J connectivity index is 2.42. The topological polar surface area (TPSA) is 29.5 Å². The van der Waals surface area contributed by atoms with Gasteiger partial charge in [0, 0.05) is 5.56 Å². The molecule has 1 N–H and O–H groups in total. The summed E-state index contributed by atoms with van der Waals surface area (Å²) in [7, 11) is 1.70. The zero-order chi connectivity index (χ0) is 15.0. The maximum atomic E-state index is 11.2. The number of aryl methyl sites for hydroxylation is 1. The number of hydrogen-bond acceptors (Lipinski definition) is 2. The van der Waals surface area contributed by atoms with Crippen LogP contribution in [0.4, 0.5) is 0 Å². The van der Waals surface area contributed by atoms with Gasteiger partial charge < -0.3 is 9.84 Å². The number of benzene rings is 1. The molecule has 20 heavy (non-hydrogen) atoms. The Kier molecular flexibility index (Phi) is 4.15. The maximum absolute atomic E-state index is 11.2. The Morgan fingerprint density at radius 3 is 2.40 bits per heavy atom. The number of ether oxygens (including phenoxy) is 1. The molecule has 0 heterocycles. The van der Waals surface area contributed by atoms with Crippen LogP contribution >= 0.6 is 0 Å². The Bertz CT molecular complexity index is 490. The Morgan fingerprint density at radius 2 is 1.75 bits per heavy atom. The molecule has 1 fully saturated rings. The molecule has 0 bridgehead atoms. The van der Waals surface area contributed by atoms with Crippen molar-refractivity contribution in [1.29, 1.82) is 0 Å². The molecule has 0 spiro atoms. The van der Waals surface area contributed by atoms with Crippen molar-refractivity contribution in [1.82, 2.24) is 0 Å². The summed E-state index contributed by atoms with van der Waals surface area (Å²) in [5.41, 5.74) is 2.92. The lowest BCUT2D eigenvalue weighted by molar-refractivity contribution is 0.0157. The lowest BCUT2D eigenvalue weighted by atomic mass is 9.81. The van der Waals surface area contributed by atoms with E-state index in [1.54, 1.807) is 7.11 Å². The average Bonchev–Trinajstić information content (AvgIpc) is 2.52. The molecule has 112 valence electrons. The van der Waals surface area contributed by atoms with Crippen LogP contribution < -0.4 is 4.74 Å². The van der Waals surface area contributed by atoms with E-state index in [-0.39, 0.29) is 0 Å². The largest absolute Gasteiger partial charge is 0.496 e. The van der Waals surface area contributed by atoms with Gasteiger partial charge in [-0.25, -0.2) is 0 Å². The van der Waals surface area contributed by atoms with E-state index in [0.29, 0.717) is 5.41 Å². The molecule has 0 amide bonds. The quantitative estimate of drug-likeness (QED) is 0.806. The molecule has 1 aromatic carbocycles. The van der Waals surface area contributed by atoms with Crippen LogP contribution in [0.3, 0.4) is 0 Å². The number of hydrogen-bond donors (Lipinski definition) is 1. The second-order valence-corrected chi connectivity index (χ2v) is 7.14. The van der Waals surface area contributed by atoms with Crippen LogP contribution in [0.1, 0.15) is 62.6 Å². The fourth-order valence-electron chi connectivity index (χ4n) is 3.34. The predicted molar refractivity (Wildman–Crippen MR) is 83.2 cm³/mol. The molecule has 0 aliphatic heterocycles. The van der Waals surface area contributed by atoms with Crippen LogP contribution in [-0.4, -0.2) is 12.2 Å². The van der Waals surface area contributed by atoms with E-state index in [1.807, 2.05) is 0 Å². The lowest BCUT2D eigenvalue weighted by Gasteiger charge is -2.30. The fraction of sp³-hybridized carbons (Fsp3) is 0.667. The van der Waals surface area contributed by atoms with E-state index in [2.05, 4.69) is 39.8 Å². The minimum absolute atomic E-state index is 0.331. The third-order valence-corrected chi connectivity index (χ3v) is 5.04. The molecule has 1 aliphatic rings. The number of methoxy groups -OCH3 is 1. The molecule has 2 heteroatoms. The molecule has 1 aromatic rings. The zero-order valence-corrected chi connectivity index (χ0v) is 13.5. The third kappa shape index (κ3) is 2.85. The second-order valence-electron chi connectivity index (χ2n) is 7.14. The summed E-state index contributed by atoms with van der Waals surface area (Å²) in [6.07, 6.45) is 4.95. The van der Waals surface area contributed by atoms with Crippen molar-refractivity contribution in [3.8, 4) is 5.75 Å². The van der Waals surface area contributed by atoms with Gasteiger partial charge >= 0.3 is 0 Å². The van der Waals surface area contributed by atoms with E-state index in [4.69, 9.17) is 4.74 Å². The monoisotopic (exact) mass is 276 g/mol. The Morgan fingerprint density at radius 1 is 1.05 bits per heavy atom. The van der Waals surface area contributed by atoms with Crippen molar-refractivity contribution in [3.05, 3.63) is 28.8 Å². The van der Waals surface area contributed by atoms with Gasteiger partial charge in [-0.05, 0) is 62.5 Å². The van der Waals surface area contributed by atoms with E-state index in [9.17, 15) is 5.11 Å². The highest BCUT2D eigenvalue weighted by atomic mass is 16.5. The summed E-state index contributed by atoms with van der Waals surface area (Å²) >= 11 is 0. The molecule has 2 nitrogen and oxygen atoms in total. The first kappa shape index (κ1) is 15.4. The van der Waals surface area contributed by atoms with Gasteiger partial charge in [-0.1, -0.05) is 26.0 Å². The van der Waals surface area contributed by atoms with Crippen molar-refractivity contribution in [3.63, 3.8) is 0 Å². The normalized spacial score (nSPS) is 26.1. The van der Waals surface area contributed by atoms with Gasteiger partial charge in [0.1, 0.15) is 5.75 Å². The van der Waals surface area contributed by atoms with Crippen molar-refractivity contribution >= 4 is 0 Å². The molecule has 1 atom stereocenters. The third-order valence-electron chi connectivity index (χ3n) is 5.04. The minimum atomic E-state index is -0.739. The zero-order valence-electron chi connectivity index (χ0n) is 13.5. The van der Waals surface area contributed by atoms with Gasteiger partial charge in [-0.2, -0.15) is 0 Å². The molecule has 1 unspecified atom stereocenters. The standard InChI is InChI=1S/C18H28O2/c1-13-7-8-15(16(20-5)14(13)2)18(19)10-6-9-17(3,4)11-12-18/h7-8,19H,6,9-12H2,1-5H3. The smallest absolute Gasteiger partial charge is 0.128 e. The van der Waals surface area contributed by atoms with Crippen LogP contribution in [0.2, 0.25) is 0 Å². The summed E-state index contributed by atoms with van der Waals surface area (Å²) in [5, 5.41) is 11.2. The molecule has 0 saturated heterocycles. The predicted octanol–water partition coefficient (Wildman–Crippen LogP) is 4.49. The van der Waals surface area contributed by atoms with Crippen LogP contribution in [-0.2, 0) is 5.60 Å². The summed E-state index contributed by atoms with van der Waals surface area (Å²) in [6.45, 7) is 8.76.